The number of benzene rings is 1. The van der Waals surface area contributed by atoms with Crippen molar-refractivity contribution in [2.75, 3.05) is 13.7 Å². The van der Waals surface area contributed by atoms with Crippen LogP contribution < -0.4 is 5.73 Å². The maximum absolute atomic E-state index is 13.5. The number of amides is 1. The Hall–Kier alpha value is -3.32. The molecule has 2 N–H and O–H groups in total. The van der Waals surface area contributed by atoms with Crippen LogP contribution in [0.5, 0.6) is 0 Å². The van der Waals surface area contributed by atoms with Gasteiger partial charge in [-0.05, 0) is 24.6 Å². The molecule has 30 heavy (non-hydrogen) atoms. The van der Waals surface area contributed by atoms with Crippen LogP contribution in [0.25, 0.3) is 0 Å². The van der Waals surface area contributed by atoms with Crippen LogP contribution >= 0.6 is 11.8 Å². The second-order valence-corrected chi connectivity index (χ2v) is 7.59. The molecule has 10 heteroatoms. The number of thioether (sulfide) groups is 1. The summed E-state index contributed by atoms with van der Waals surface area (Å²) in [6.07, 6.45) is -0.230. The number of rotatable bonds is 5. The van der Waals surface area contributed by atoms with Crippen LogP contribution in [0.2, 0.25) is 0 Å². The van der Waals surface area contributed by atoms with Crippen molar-refractivity contribution < 1.29 is 28.2 Å². The van der Waals surface area contributed by atoms with Gasteiger partial charge in [0, 0.05) is 0 Å². The summed E-state index contributed by atoms with van der Waals surface area (Å²) in [5.74, 6) is -3.44. The Morgan fingerprint density at radius 1 is 1.33 bits per heavy atom. The Morgan fingerprint density at radius 3 is 2.57 bits per heavy atom. The highest BCUT2D eigenvalue weighted by Gasteiger charge is 2.49. The number of nitrogens with two attached hydrogens (primary N) is 1. The molecule has 0 radical (unpaired) electrons. The number of fused-ring (bicyclic) bond motifs is 1. The van der Waals surface area contributed by atoms with E-state index in [4.69, 9.17) is 10.5 Å². The van der Waals surface area contributed by atoms with Crippen LogP contribution in [0.4, 0.5) is 4.39 Å². The second-order valence-electron chi connectivity index (χ2n) is 6.39. The highest BCUT2D eigenvalue weighted by atomic mass is 32.2. The Morgan fingerprint density at radius 2 is 2.00 bits per heavy atom. The van der Waals surface area contributed by atoms with Crippen molar-refractivity contribution in [1.82, 2.24) is 4.90 Å². The van der Waals surface area contributed by atoms with Crippen molar-refractivity contribution in [3.8, 4) is 6.07 Å². The third-order valence-corrected chi connectivity index (χ3v) is 5.95. The number of nitriles is 1. The molecular weight excluding hydrogens is 413 g/mol. The minimum absolute atomic E-state index is 0.0407. The van der Waals surface area contributed by atoms with E-state index in [2.05, 4.69) is 4.74 Å². The molecule has 2 heterocycles. The number of carbonyl (C=O) groups is 3. The van der Waals surface area contributed by atoms with Gasteiger partial charge < -0.3 is 15.2 Å². The van der Waals surface area contributed by atoms with Crippen LogP contribution in [-0.2, 0) is 23.9 Å². The fourth-order valence-electron chi connectivity index (χ4n) is 3.32. The number of carbonyl (C=O) groups excluding carboxylic acids is 3. The zero-order valence-corrected chi connectivity index (χ0v) is 17.0. The summed E-state index contributed by atoms with van der Waals surface area (Å²) >= 11 is 0.983. The van der Waals surface area contributed by atoms with Crippen LogP contribution in [0.15, 0.2) is 46.3 Å². The molecular formula is C20H18FN3O5S. The van der Waals surface area contributed by atoms with Crippen molar-refractivity contribution in [3.63, 3.8) is 0 Å². The smallest absolute Gasteiger partial charge is 0.337 e. The quantitative estimate of drug-likeness (QED) is 0.702. The molecule has 1 fully saturated rings. The van der Waals surface area contributed by atoms with E-state index in [0.29, 0.717) is 5.56 Å². The lowest BCUT2D eigenvalue weighted by atomic mass is 9.83. The van der Waals surface area contributed by atoms with Gasteiger partial charge in [0.2, 0.25) is 5.91 Å². The van der Waals surface area contributed by atoms with Gasteiger partial charge in [-0.3, -0.25) is 14.5 Å². The maximum Gasteiger partial charge on any atom is 0.337 e. The van der Waals surface area contributed by atoms with Crippen molar-refractivity contribution in [2.45, 2.75) is 24.5 Å². The third kappa shape index (κ3) is 3.64. The largest absolute Gasteiger partial charge is 0.469 e. The van der Waals surface area contributed by atoms with Gasteiger partial charge in [-0.2, -0.15) is 5.26 Å². The molecule has 0 unspecified atom stereocenters. The molecule has 1 aromatic rings. The minimum atomic E-state index is -0.946. The molecule has 0 bridgehead atoms. The Kier molecular flexibility index (Phi) is 6.12. The lowest BCUT2D eigenvalue weighted by Crippen LogP contribution is -2.38. The molecule has 3 rings (SSSR count). The first kappa shape index (κ1) is 21.4. The number of methoxy groups -OCH3 is 1. The van der Waals surface area contributed by atoms with Crippen LogP contribution in [0.3, 0.4) is 0 Å². The molecule has 1 saturated heterocycles. The fourth-order valence-corrected chi connectivity index (χ4v) is 4.64. The van der Waals surface area contributed by atoms with Crippen molar-refractivity contribution >= 4 is 29.6 Å². The lowest BCUT2D eigenvalue weighted by Gasteiger charge is -2.31. The van der Waals surface area contributed by atoms with Gasteiger partial charge in [-0.15, -0.1) is 0 Å². The first-order valence-electron chi connectivity index (χ1n) is 8.97. The second kappa shape index (κ2) is 8.59. The summed E-state index contributed by atoms with van der Waals surface area (Å²) < 4.78 is 23.3. The van der Waals surface area contributed by atoms with E-state index in [1.165, 1.54) is 31.4 Å². The first-order valence-corrected chi connectivity index (χ1v) is 9.85. The van der Waals surface area contributed by atoms with Gasteiger partial charge in [0.05, 0.1) is 48.3 Å². The molecule has 1 aromatic carbocycles. The number of halogens is 1. The standard InChI is InChI=1S/C20H18FN3O5S/c1-3-29-20(27)16-15(10-4-6-11(21)7-5-10)12(9-22)17(23)24-18(26)13(30-19(16)24)8-14(25)28-2/h4-7,13,15H,3,8,23H2,1-2H3/t13-,15-/m1/s1. The highest BCUT2D eigenvalue weighted by molar-refractivity contribution is 8.04. The summed E-state index contributed by atoms with van der Waals surface area (Å²) in [5, 5.41) is 9.10. The number of nitrogens with zero attached hydrogens (tertiary/aromatic N) is 2. The molecule has 156 valence electrons. The van der Waals surface area contributed by atoms with Crippen molar-refractivity contribution in [1.29, 1.82) is 5.26 Å². The van der Waals surface area contributed by atoms with E-state index in [0.717, 1.165) is 16.7 Å². The third-order valence-electron chi connectivity index (χ3n) is 4.68. The molecule has 0 aromatic heterocycles. The summed E-state index contributed by atoms with van der Waals surface area (Å²) in [4.78, 5) is 38.6. The summed E-state index contributed by atoms with van der Waals surface area (Å²) in [5.41, 5.74) is 6.60. The van der Waals surface area contributed by atoms with E-state index in [-0.39, 0.29) is 35.0 Å². The predicted molar refractivity (Wildman–Crippen MR) is 104 cm³/mol. The number of hydrogen-bond donors (Lipinski definition) is 1. The van der Waals surface area contributed by atoms with Gasteiger partial charge in [-0.1, -0.05) is 23.9 Å². The van der Waals surface area contributed by atoms with E-state index in [1.54, 1.807) is 6.92 Å². The molecule has 0 spiro atoms. The molecule has 0 saturated carbocycles. The zero-order valence-electron chi connectivity index (χ0n) is 16.2. The number of ether oxygens (including phenoxy) is 2. The van der Waals surface area contributed by atoms with Crippen molar-refractivity contribution in [2.24, 2.45) is 5.73 Å². The minimum Gasteiger partial charge on any atom is -0.469 e. The molecule has 2 aliphatic rings. The first-order chi connectivity index (χ1) is 14.3. The molecule has 2 aliphatic heterocycles. The van der Waals surface area contributed by atoms with Crippen LogP contribution in [-0.4, -0.2) is 41.7 Å². The van der Waals surface area contributed by atoms with Gasteiger partial charge in [0.15, 0.2) is 0 Å². The van der Waals surface area contributed by atoms with Crippen molar-refractivity contribution in [3.05, 3.63) is 57.6 Å². The normalized spacial score (nSPS) is 20.7. The topological polar surface area (TPSA) is 123 Å². The summed E-state index contributed by atoms with van der Waals surface area (Å²) in [6.45, 7) is 1.69. The van der Waals surface area contributed by atoms with Crippen LogP contribution in [0.1, 0.15) is 24.8 Å². The van der Waals surface area contributed by atoms with Crippen LogP contribution in [0, 0.1) is 17.1 Å². The Labute approximate surface area is 176 Å². The van der Waals surface area contributed by atoms with E-state index in [9.17, 15) is 24.0 Å². The van der Waals surface area contributed by atoms with E-state index in [1.807, 2.05) is 6.07 Å². The zero-order chi connectivity index (χ0) is 22.0. The van der Waals surface area contributed by atoms with Gasteiger partial charge in [0.25, 0.3) is 0 Å². The molecule has 8 nitrogen and oxygen atoms in total. The maximum atomic E-state index is 13.5. The average Bonchev–Trinajstić information content (AvgIpc) is 3.04. The molecule has 1 amide bonds. The highest BCUT2D eigenvalue weighted by Crippen LogP contribution is 2.50. The Balaban J connectivity index is 2.20. The van der Waals surface area contributed by atoms with Gasteiger partial charge in [-0.25, -0.2) is 9.18 Å². The van der Waals surface area contributed by atoms with Gasteiger partial charge >= 0.3 is 11.9 Å². The van der Waals surface area contributed by atoms with E-state index < -0.39 is 34.8 Å². The SMILES string of the molecule is CCOC(=O)C1=C2S[C@H](CC(=O)OC)C(=O)N2C(N)=C(C#N)[C@H]1c1ccc(F)cc1. The fraction of sp³-hybridized carbons (Fsp3) is 0.300. The molecule has 2 atom stereocenters. The number of esters is 2. The summed E-state index contributed by atoms with van der Waals surface area (Å²) in [6, 6.07) is 7.25. The predicted octanol–water partition coefficient (Wildman–Crippen LogP) is 1.90. The lowest BCUT2D eigenvalue weighted by molar-refractivity contribution is -0.142. The average molecular weight is 431 g/mol. The Bertz CT molecular complexity index is 1010. The number of allylic oxidation sites excluding steroid dienone is 1. The number of hydrogen-bond acceptors (Lipinski definition) is 8. The molecule has 0 aliphatic carbocycles. The van der Waals surface area contributed by atoms with Gasteiger partial charge in [0.1, 0.15) is 16.9 Å². The monoisotopic (exact) mass is 431 g/mol. The van der Waals surface area contributed by atoms with E-state index >= 15 is 0 Å². The summed E-state index contributed by atoms with van der Waals surface area (Å²) in [7, 11) is 1.20.